The Morgan fingerprint density at radius 2 is 1.71 bits per heavy atom. The summed E-state index contributed by atoms with van der Waals surface area (Å²) in [5.74, 6) is 0. The molecule has 1 saturated heterocycles. The molecule has 0 aliphatic carbocycles. The first kappa shape index (κ1) is 15.9. The summed E-state index contributed by atoms with van der Waals surface area (Å²) in [4.78, 5) is 0.414. The molecule has 1 aliphatic rings. The lowest BCUT2D eigenvalue weighted by Crippen LogP contribution is -2.34. The van der Waals surface area contributed by atoms with Gasteiger partial charge in [0.25, 0.3) is 0 Å². The summed E-state index contributed by atoms with van der Waals surface area (Å²) >= 11 is 0. The van der Waals surface area contributed by atoms with E-state index in [9.17, 15) is 8.42 Å². The molecule has 0 radical (unpaired) electrons. The van der Waals surface area contributed by atoms with Gasteiger partial charge in [-0.2, -0.15) is 4.31 Å². The van der Waals surface area contributed by atoms with Crippen molar-refractivity contribution < 1.29 is 8.42 Å². The molecule has 0 atom stereocenters. The zero-order valence-electron chi connectivity index (χ0n) is 11.2. The van der Waals surface area contributed by atoms with Gasteiger partial charge < -0.3 is 5.32 Å². The molecule has 3 rings (SSSR count). The first-order valence-corrected chi connectivity index (χ1v) is 8.32. The lowest BCUT2D eigenvalue weighted by atomic mass is 10.1. The normalized spacial score (nSPS) is 17.1. The summed E-state index contributed by atoms with van der Waals surface area (Å²) in [5, 5.41) is 4.99. The van der Waals surface area contributed by atoms with Crippen molar-refractivity contribution in [1.82, 2.24) is 9.62 Å². The number of fused-ring (bicyclic) bond motifs is 1. The van der Waals surface area contributed by atoms with Crippen LogP contribution in [0.1, 0.15) is 13.8 Å². The van der Waals surface area contributed by atoms with Crippen molar-refractivity contribution >= 4 is 20.8 Å². The fourth-order valence-electron chi connectivity index (χ4n) is 2.62. The molecule has 1 N–H and O–H groups in total. The quantitative estimate of drug-likeness (QED) is 0.927. The van der Waals surface area contributed by atoms with Crippen LogP contribution in [0.3, 0.4) is 0 Å². The van der Waals surface area contributed by atoms with Crippen LogP contribution in [0.25, 0.3) is 10.8 Å². The third kappa shape index (κ3) is 3.10. The van der Waals surface area contributed by atoms with Crippen molar-refractivity contribution in [3.8, 4) is 0 Å². The van der Waals surface area contributed by atoms with Gasteiger partial charge in [-0.25, -0.2) is 8.42 Å². The summed E-state index contributed by atoms with van der Waals surface area (Å²) in [6.45, 7) is 2.70. The third-order valence-corrected chi connectivity index (χ3v) is 5.62. The predicted octanol–water partition coefficient (Wildman–Crippen LogP) is 2.46. The molecule has 2 aromatic carbocycles. The maximum atomic E-state index is 12.9. The van der Waals surface area contributed by atoms with Crippen molar-refractivity contribution in [1.29, 1.82) is 0 Å². The van der Waals surface area contributed by atoms with Crippen molar-refractivity contribution in [3.05, 3.63) is 42.5 Å². The summed E-state index contributed by atoms with van der Waals surface area (Å²) in [5.41, 5.74) is 0. The van der Waals surface area contributed by atoms with Crippen LogP contribution in [0.15, 0.2) is 47.4 Å². The van der Waals surface area contributed by atoms with Crippen LogP contribution in [0.5, 0.6) is 0 Å². The van der Waals surface area contributed by atoms with Crippen molar-refractivity contribution in [2.75, 3.05) is 26.2 Å². The zero-order chi connectivity index (χ0) is 14.0. The Labute approximate surface area is 126 Å². The molecule has 1 fully saturated rings. The first-order chi connectivity index (χ1) is 9.69. The molecule has 1 heterocycles. The van der Waals surface area contributed by atoms with Crippen LogP contribution in [0, 0.1) is 0 Å². The lowest BCUT2D eigenvalue weighted by molar-refractivity contribution is 0.432. The Morgan fingerprint density at radius 1 is 0.952 bits per heavy atom. The van der Waals surface area contributed by atoms with Gasteiger partial charge in [-0.15, -0.1) is 0 Å². The number of hydrogen-bond donors (Lipinski definition) is 1. The summed E-state index contributed by atoms with van der Waals surface area (Å²) in [6, 6.07) is 13.1. The molecule has 0 aromatic heterocycles. The van der Waals surface area contributed by atoms with Gasteiger partial charge >= 0.3 is 0 Å². The summed E-state index contributed by atoms with van der Waals surface area (Å²) < 4.78 is 27.3. The van der Waals surface area contributed by atoms with E-state index >= 15 is 0 Å². The largest absolute Gasteiger partial charge is 0.315 e. The molecule has 21 heavy (non-hydrogen) atoms. The minimum absolute atomic E-state index is 0. The van der Waals surface area contributed by atoms with E-state index in [1.165, 1.54) is 0 Å². The minimum atomic E-state index is -3.42. The van der Waals surface area contributed by atoms with E-state index in [0.717, 1.165) is 23.7 Å². The Hall–Kier alpha value is -1.43. The topological polar surface area (TPSA) is 49.4 Å². The van der Waals surface area contributed by atoms with Gasteiger partial charge in [0.2, 0.25) is 10.0 Å². The van der Waals surface area contributed by atoms with Gasteiger partial charge in [-0.1, -0.05) is 43.8 Å². The summed E-state index contributed by atoms with van der Waals surface area (Å²) in [6.07, 6.45) is 0.851. The maximum Gasteiger partial charge on any atom is 0.243 e. The fraction of sp³-hybridized carbons (Fsp3) is 0.375. The average Bonchev–Trinajstić information content (AvgIpc) is 2.76. The second-order valence-electron chi connectivity index (χ2n) is 4.98. The van der Waals surface area contributed by atoms with Gasteiger partial charge in [0.1, 0.15) is 0 Å². The highest BCUT2D eigenvalue weighted by Gasteiger charge is 2.26. The van der Waals surface area contributed by atoms with Gasteiger partial charge in [-0.05, 0) is 24.4 Å². The smallest absolute Gasteiger partial charge is 0.243 e. The Bertz CT molecular complexity index is 700. The SMILES string of the molecule is C.O=S(=O)(c1cccc2ccccc12)N1CCCNCC1. The van der Waals surface area contributed by atoms with Crippen LogP contribution in [0.4, 0.5) is 0 Å². The van der Waals surface area contributed by atoms with E-state index in [4.69, 9.17) is 0 Å². The molecular weight excluding hydrogens is 284 g/mol. The van der Waals surface area contributed by atoms with E-state index in [1.54, 1.807) is 10.4 Å². The van der Waals surface area contributed by atoms with Crippen LogP contribution in [-0.2, 0) is 10.0 Å². The van der Waals surface area contributed by atoms with Crippen molar-refractivity contribution in [2.24, 2.45) is 0 Å². The molecule has 114 valence electrons. The van der Waals surface area contributed by atoms with E-state index in [1.807, 2.05) is 36.4 Å². The summed E-state index contributed by atoms with van der Waals surface area (Å²) in [7, 11) is -3.42. The molecule has 0 amide bonds. The number of sulfonamides is 1. The van der Waals surface area contributed by atoms with E-state index in [0.29, 0.717) is 24.5 Å². The molecule has 4 nitrogen and oxygen atoms in total. The number of hydrogen-bond acceptors (Lipinski definition) is 3. The highest BCUT2D eigenvalue weighted by Crippen LogP contribution is 2.25. The second-order valence-corrected chi connectivity index (χ2v) is 6.89. The Morgan fingerprint density at radius 3 is 2.57 bits per heavy atom. The number of nitrogens with zero attached hydrogens (tertiary/aromatic N) is 1. The van der Waals surface area contributed by atoms with Crippen LogP contribution in [0.2, 0.25) is 0 Å². The van der Waals surface area contributed by atoms with Gasteiger partial charge in [0, 0.05) is 25.0 Å². The Balaban J connectivity index is 0.00000161. The Kier molecular flexibility index (Phi) is 4.98. The first-order valence-electron chi connectivity index (χ1n) is 6.88. The van der Waals surface area contributed by atoms with Crippen LogP contribution in [-0.4, -0.2) is 38.9 Å². The average molecular weight is 306 g/mol. The van der Waals surface area contributed by atoms with Crippen LogP contribution >= 0.6 is 0 Å². The fourth-order valence-corrected chi connectivity index (χ4v) is 4.31. The standard InChI is InChI=1S/C15H18N2O2S.CH4/c18-20(19,17-11-4-9-16-10-12-17)15-8-3-6-13-5-1-2-7-14(13)15;/h1-3,5-8,16H,4,9-12H2;1H4. The zero-order valence-corrected chi connectivity index (χ0v) is 12.1. The maximum absolute atomic E-state index is 12.9. The molecule has 0 bridgehead atoms. The van der Waals surface area contributed by atoms with Gasteiger partial charge in [0.05, 0.1) is 4.90 Å². The molecule has 5 heteroatoms. The predicted molar refractivity (Wildman–Crippen MR) is 86.9 cm³/mol. The number of nitrogens with one attached hydrogen (secondary N) is 1. The highest BCUT2D eigenvalue weighted by atomic mass is 32.2. The van der Waals surface area contributed by atoms with Gasteiger partial charge in [-0.3, -0.25) is 0 Å². The highest BCUT2D eigenvalue weighted by molar-refractivity contribution is 7.89. The monoisotopic (exact) mass is 306 g/mol. The molecule has 2 aromatic rings. The third-order valence-electron chi connectivity index (χ3n) is 3.67. The minimum Gasteiger partial charge on any atom is -0.315 e. The molecule has 0 unspecified atom stereocenters. The molecule has 0 saturated carbocycles. The number of benzene rings is 2. The van der Waals surface area contributed by atoms with E-state index in [-0.39, 0.29) is 7.43 Å². The second kappa shape index (κ2) is 6.56. The van der Waals surface area contributed by atoms with Crippen LogP contribution < -0.4 is 5.32 Å². The molecule has 0 spiro atoms. The van der Waals surface area contributed by atoms with Gasteiger partial charge in [0.15, 0.2) is 0 Å². The van der Waals surface area contributed by atoms with Crippen molar-refractivity contribution in [3.63, 3.8) is 0 Å². The number of rotatable bonds is 2. The van der Waals surface area contributed by atoms with Crippen molar-refractivity contribution in [2.45, 2.75) is 18.7 Å². The van der Waals surface area contributed by atoms with E-state index in [2.05, 4.69) is 5.32 Å². The lowest BCUT2D eigenvalue weighted by Gasteiger charge is -2.20. The van der Waals surface area contributed by atoms with E-state index < -0.39 is 10.0 Å². The molecule has 1 aliphatic heterocycles. The molecular formula is C16H22N2O2S.